The summed E-state index contributed by atoms with van der Waals surface area (Å²) in [4.78, 5) is 28.3. The number of carbonyl (C=O) groups is 2. The highest BCUT2D eigenvalue weighted by Gasteiger charge is 2.25. The maximum Gasteiger partial charge on any atom is 0.253 e. The zero-order valence-corrected chi connectivity index (χ0v) is 14.7. The maximum absolute atomic E-state index is 13.7. The van der Waals surface area contributed by atoms with Crippen molar-refractivity contribution < 1.29 is 18.7 Å². The van der Waals surface area contributed by atoms with Gasteiger partial charge in [-0.3, -0.25) is 9.59 Å². The molecule has 6 heteroatoms. The second-order valence-corrected chi connectivity index (χ2v) is 6.17. The Morgan fingerprint density at radius 1 is 0.962 bits per heavy atom. The van der Waals surface area contributed by atoms with Crippen molar-refractivity contribution in [2.24, 2.45) is 0 Å². The summed E-state index contributed by atoms with van der Waals surface area (Å²) < 4.78 is 18.8. The van der Waals surface area contributed by atoms with Gasteiger partial charge >= 0.3 is 0 Å². The van der Waals surface area contributed by atoms with Gasteiger partial charge < -0.3 is 14.5 Å². The van der Waals surface area contributed by atoms with E-state index in [1.807, 2.05) is 0 Å². The molecule has 0 spiro atoms. The lowest BCUT2D eigenvalue weighted by Gasteiger charge is -2.35. The average Bonchev–Trinajstić information content (AvgIpc) is 2.69. The van der Waals surface area contributed by atoms with Crippen molar-refractivity contribution in [1.82, 2.24) is 9.80 Å². The zero-order valence-electron chi connectivity index (χ0n) is 14.7. The molecule has 1 saturated heterocycles. The lowest BCUT2D eigenvalue weighted by atomic mass is 10.1. The van der Waals surface area contributed by atoms with Crippen LogP contribution in [0.2, 0.25) is 0 Å². The predicted molar refractivity (Wildman–Crippen MR) is 95.6 cm³/mol. The van der Waals surface area contributed by atoms with Gasteiger partial charge in [0, 0.05) is 31.7 Å². The largest absolute Gasteiger partial charge is 0.497 e. The van der Waals surface area contributed by atoms with Gasteiger partial charge in [-0.05, 0) is 35.9 Å². The highest BCUT2D eigenvalue weighted by Crippen LogP contribution is 2.15. The summed E-state index contributed by atoms with van der Waals surface area (Å²) in [6.45, 7) is 1.84. The number of nitrogens with zero attached hydrogens (tertiary/aromatic N) is 2. The average molecular weight is 356 g/mol. The first-order chi connectivity index (χ1) is 12.6. The van der Waals surface area contributed by atoms with Gasteiger partial charge in [0.15, 0.2) is 0 Å². The summed E-state index contributed by atoms with van der Waals surface area (Å²) in [5, 5.41) is 0. The summed E-state index contributed by atoms with van der Waals surface area (Å²) in [7, 11) is 1.58. The molecule has 1 aliphatic heterocycles. The third-order valence-electron chi connectivity index (χ3n) is 4.56. The van der Waals surface area contributed by atoms with Gasteiger partial charge in [0.2, 0.25) is 5.91 Å². The van der Waals surface area contributed by atoms with Crippen LogP contribution in [0.1, 0.15) is 15.9 Å². The van der Waals surface area contributed by atoms with Crippen molar-refractivity contribution in [3.8, 4) is 5.75 Å². The molecule has 2 amide bonds. The van der Waals surface area contributed by atoms with E-state index in [2.05, 4.69) is 0 Å². The maximum atomic E-state index is 13.7. The van der Waals surface area contributed by atoms with Crippen molar-refractivity contribution in [2.75, 3.05) is 33.3 Å². The minimum absolute atomic E-state index is 0.0408. The predicted octanol–water partition coefficient (Wildman–Crippen LogP) is 2.36. The molecular formula is C20H21FN2O3. The number of hydrogen-bond donors (Lipinski definition) is 0. The van der Waals surface area contributed by atoms with Crippen LogP contribution in [0.4, 0.5) is 4.39 Å². The van der Waals surface area contributed by atoms with Crippen LogP contribution in [0.3, 0.4) is 0 Å². The van der Waals surface area contributed by atoms with E-state index in [1.165, 1.54) is 6.07 Å². The number of ether oxygens (including phenoxy) is 1. The van der Waals surface area contributed by atoms with Crippen molar-refractivity contribution in [2.45, 2.75) is 6.42 Å². The van der Waals surface area contributed by atoms with Crippen LogP contribution < -0.4 is 4.74 Å². The van der Waals surface area contributed by atoms with Gasteiger partial charge in [-0.15, -0.1) is 0 Å². The summed E-state index contributed by atoms with van der Waals surface area (Å²) >= 11 is 0. The van der Waals surface area contributed by atoms with Gasteiger partial charge in [0.25, 0.3) is 5.91 Å². The van der Waals surface area contributed by atoms with E-state index in [9.17, 15) is 14.0 Å². The molecule has 2 aromatic rings. The van der Waals surface area contributed by atoms with E-state index >= 15 is 0 Å². The van der Waals surface area contributed by atoms with E-state index in [0.29, 0.717) is 43.1 Å². The molecular weight excluding hydrogens is 335 g/mol. The van der Waals surface area contributed by atoms with E-state index in [0.717, 1.165) is 0 Å². The SMILES string of the molecule is COc1ccc(C(=O)N2CCN(C(=O)Cc3ccccc3F)CC2)cc1. The summed E-state index contributed by atoms with van der Waals surface area (Å²) in [5.74, 6) is 0.153. The van der Waals surface area contributed by atoms with Crippen molar-refractivity contribution in [3.63, 3.8) is 0 Å². The third-order valence-corrected chi connectivity index (χ3v) is 4.56. The molecule has 0 saturated carbocycles. The summed E-state index contributed by atoms with van der Waals surface area (Å²) in [6.07, 6.45) is 0.0408. The third kappa shape index (κ3) is 4.02. The molecule has 0 bridgehead atoms. The minimum Gasteiger partial charge on any atom is -0.497 e. The molecule has 2 aromatic carbocycles. The molecule has 0 aliphatic carbocycles. The Hall–Kier alpha value is -2.89. The number of hydrogen-bond acceptors (Lipinski definition) is 3. The Labute approximate surface area is 152 Å². The molecule has 1 heterocycles. The van der Waals surface area contributed by atoms with Crippen LogP contribution >= 0.6 is 0 Å². The van der Waals surface area contributed by atoms with Crippen LogP contribution in [0.25, 0.3) is 0 Å². The molecule has 0 radical (unpaired) electrons. The van der Waals surface area contributed by atoms with Crippen LogP contribution in [-0.2, 0) is 11.2 Å². The Kier molecular flexibility index (Phi) is 5.51. The number of amides is 2. The number of halogens is 1. The molecule has 3 rings (SSSR count). The first-order valence-electron chi connectivity index (χ1n) is 8.53. The molecule has 0 aromatic heterocycles. The highest BCUT2D eigenvalue weighted by molar-refractivity contribution is 5.94. The fourth-order valence-electron chi connectivity index (χ4n) is 2.99. The van der Waals surface area contributed by atoms with Crippen LogP contribution in [0.15, 0.2) is 48.5 Å². The van der Waals surface area contributed by atoms with Crippen LogP contribution in [0, 0.1) is 5.82 Å². The van der Waals surface area contributed by atoms with Gasteiger partial charge in [0.05, 0.1) is 13.5 Å². The number of benzene rings is 2. The minimum atomic E-state index is -0.367. The number of rotatable bonds is 4. The zero-order chi connectivity index (χ0) is 18.5. The lowest BCUT2D eigenvalue weighted by molar-refractivity contribution is -0.132. The Bertz CT molecular complexity index is 784. The summed E-state index contributed by atoms with van der Waals surface area (Å²) in [6, 6.07) is 13.3. The fraction of sp³-hybridized carbons (Fsp3) is 0.300. The molecule has 0 unspecified atom stereocenters. The first kappa shape index (κ1) is 17.9. The standard InChI is InChI=1S/C20H21FN2O3/c1-26-17-8-6-15(7-9-17)20(25)23-12-10-22(11-13-23)19(24)14-16-4-2-3-5-18(16)21/h2-9H,10-14H2,1H3. The van der Waals surface area contributed by atoms with Crippen LogP contribution in [0.5, 0.6) is 5.75 Å². The number of piperazine rings is 1. The van der Waals surface area contributed by atoms with E-state index in [4.69, 9.17) is 4.74 Å². The van der Waals surface area contributed by atoms with Crippen molar-refractivity contribution in [1.29, 1.82) is 0 Å². The van der Waals surface area contributed by atoms with E-state index < -0.39 is 0 Å². The highest BCUT2D eigenvalue weighted by atomic mass is 19.1. The van der Waals surface area contributed by atoms with E-state index in [-0.39, 0.29) is 24.1 Å². The second kappa shape index (κ2) is 7.99. The fourth-order valence-corrected chi connectivity index (χ4v) is 2.99. The Balaban J connectivity index is 1.55. The molecule has 0 N–H and O–H groups in total. The first-order valence-corrected chi connectivity index (χ1v) is 8.53. The molecule has 26 heavy (non-hydrogen) atoms. The van der Waals surface area contributed by atoms with Crippen molar-refractivity contribution in [3.05, 3.63) is 65.5 Å². The van der Waals surface area contributed by atoms with Gasteiger partial charge in [-0.2, -0.15) is 0 Å². The smallest absolute Gasteiger partial charge is 0.253 e. The molecule has 1 fully saturated rings. The van der Waals surface area contributed by atoms with Gasteiger partial charge in [-0.25, -0.2) is 4.39 Å². The number of carbonyl (C=O) groups excluding carboxylic acids is 2. The molecule has 136 valence electrons. The molecule has 5 nitrogen and oxygen atoms in total. The topological polar surface area (TPSA) is 49.9 Å². The van der Waals surface area contributed by atoms with Crippen LogP contribution in [-0.4, -0.2) is 54.9 Å². The van der Waals surface area contributed by atoms with E-state index in [1.54, 1.807) is 59.4 Å². The summed E-state index contributed by atoms with van der Waals surface area (Å²) in [5.41, 5.74) is 0.992. The monoisotopic (exact) mass is 356 g/mol. The molecule has 1 aliphatic rings. The van der Waals surface area contributed by atoms with Crippen molar-refractivity contribution >= 4 is 11.8 Å². The normalized spacial score (nSPS) is 14.2. The van der Waals surface area contributed by atoms with Gasteiger partial charge in [0.1, 0.15) is 11.6 Å². The Morgan fingerprint density at radius 2 is 1.58 bits per heavy atom. The quantitative estimate of drug-likeness (QED) is 0.845. The second-order valence-electron chi connectivity index (χ2n) is 6.17. The lowest BCUT2D eigenvalue weighted by Crippen LogP contribution is -2.51. The Morgan fingerprint density at radius 3 is 2.19 bits per heavy atom. The number of methoxy groups -OCH3 is 1. The molecule has 0 atom stereocenters. The van der Waals surface area contributed by atoms with Gasteiger partial charge in [-0.1, -0.05) is 18.2 Å².